The van der Waals surface area contributed by atoms with Crippen LogP contribution in [0.2, 0.25) is 0 Å². The van der Waals surface area contributed by atoms with Crippen molar-refractivity contribution in [3.8, 4) is 0 Å². The van der Waals surface area contributed by atoms with Gasteiger partial charge in [0, 0.05) is 29.2 Å². The van der Waals surface area contributed by atoms with Gasteiger partial charge in [-0.1, -0.05) is 17.2 Å². The molecule has 9 nitrogen and oxygen atoms in total. The molecule has 1 atom stereocenters. The van der Waals surface area contributed by atoms with Crippen molar-refractivity contribution in [3.63, 3.8) is 0 Å². The van der Waals surface area contributed by atoms with E-state index in [-0.39, 0.29) is 11.5 Å². The molecule has 0 saturated heterocycles. The molecular weight excluding hydrogens is 320 g/mol. The van der Waals surface area contributed by atoms with Crippen LogP contribution in [-0.4, -0.2) is 42.4 Å². The third-order valence-electron chi connectivity index (χ3n) is 3.78. The second kappa shape index (κ2) is 5.16. The molecule has 2 aliphatic rings. The number of thioether (sulfide) groups is 1. The summed E-state index contributed by atoms with van der Waals surface area (Å²) < 4.78 is 1.49. The zero-order valence-corrected chi connectivity index (χ0v) is 12.5. The highest BCUT2D eigenvalue weighted by Crippen LogP contribution is 2.39. The number of fused-ring (bicyclic) bond motifs is 1. The number of nitro groups is 1. The topological polar surface area (TPSA) is 116 Å². The molecule has 0 saturated carbocycles. The zero-order chi connectivity index (χ0) is 16.0. The molecule has 3 heterocycles. The highest BCUT2D eigenvalue weighted by atomic mass is 32.2. The van der Waals surface area contributed by atoms with Gasteiger partial charge in [0.15, 0.2) is 5.78 Å². The van der Waals surface area contributed by atoms with Crippen molar-refractivity contribution in [3.05, 3.63) is 51.2 Å². The fourth-order valence-corrected chi connectivity index (χ4v) is 3.69. The fourth-order valence-electron chi connectivity index (χ4n) is 2.81. The van der Waals surface area contributed by atoms with Crippen LogP contribution in [0.25, 0.3) is 0 Å². The number of nitrogens with zero attached hydrogens (tertiary/aromatic N) is 5. The Kier molecular flexibility index (Phi) is 3.11. The maximum atomic E-state index is 12.4. The van der Waals surface area contributed by atoms with Crippen LogP contribution in [0.1, 0.15) is 11.6 Å². The summed E-state index contributed by atoms with van der Waals surface area (Å²) in [6.45, 7) is 0. The number of carbonyl (C=O) groups is 1. The average Bonchev–Trinajstić information content (AvgIpc) is 3.01. The number of Topliss-reactive ketones (excluding diaryl/α,β-unsaturated/α-hetero) is 1. The van der Waals surface area contributed by atoms with E-state index < -0.39 is 11.0 Å². The van der Waals surface area contributed by atoms with Crippen LogP contribution in [0.4, 0.5) is 11.6 Å². The summed E-state index contributed by atoms with van der Waals surface area (Å²) in [5.41, 5.74) is 1.92. The number of hydrogen-bond donors (Lipinski definition) is 1. The van der Waals surface area contributed by atoms with Crippen LogP contribution >= 0.6 is 11.8 Å². The number of aromatic nitrogens is 4. The lowest BCUT2D eigenvalue weighted by molar-refractivity contribution is -0.384. The normalized spacial score (nSPS) is 19.8. The van der Waals surface area contributed by atoms with Crippen LogP contribution in [0.15, 0.2) is 35.5 Å². The number of hydrogen-bond acceptors (Lipinski definition) is 8. The Labute approximate surface area is 133 Å². The van der Waals surface area contributed by atoms with Gasteiger partial charge < -0.3 is 5.32 Å². The quantitative estimate of drug-likeness (QED) is 0.644. The monoisotopic (exact) mass is 330 g/mol. The maximum Gasteiger partial charge on any atom is 0.269 e. The average molecular weight is 330 g/mol. The Morgan fingerprint density at radius 3 is 3.09 bits per heavy atom. The van der Waals surface area contributed by atoms with Crippen LogP contribution < -0.4 is 5.32 Å². The Hall–Kier alpha value is -2.75. The molecule has 2 aromatic rings. The predicted octanol–water partition coefficient (Wildman–Crippen LogP) is 1.17. The summed E-state index contributed by atoms with van der Waals surface area (Å²) in [6, 6.07) is 5.67. The number of nitrogens with one attached hydrogen (secondary N) is 1. The van der Waals surface area contributed by atoms with Crippen LogP contribution in [0, 0.1) is 10.1 Å². The number of carbonyl (C=O) groups excluding carboxylic acids is 1. The van der Waals surface area contributed by atoms with E-state index in [0.29, 0.717) is 28.6 Å². The van der Waals surface area contributed by atoms with Crippen molar-refractivity contribution < 1.29 is 9.72 Å². The molecule has 1 aromatic carbocycles. The summed E-state index contributed by atoms with van der Waals surface area (Å²) in [6.07, 6.45) is 0. The Morgan fingerprint density at radius 1 is 1.39 bits per heavy atom. The summed E-state index contributed by atoms with van der Waals surface area (Å²) >= 11 is 1.52. The molecular formula is C13H10N6O3S. The van der Waals surface area contributed by atoms with Gasteiger partial charge in [-0.25, -0.2) is 0 Å². The molecule has 1 unspecified atom stereocenters. The first-order chi connectivity index (χ1) is 11.1. The molecule has 4 rings (SSSR count). The fraction of sp³-hybridized carbons (Fsp3) is 0.231. The van der Waals surface area contributed by atoms with Gasteiger partial charge in [0.2, 0.25) is 5.95 Å². The number of benzene rings is 1. The minimum Gasteiger partial charge on any atom is -0.325 e. The van der Waals surface area contributed by atoms with Crippen molar-refractivity contribution in [2.75, 3.05) is 16.8 Å². The molecule has 10 heteroatoms. The molecule has 0 bridgehead atoms. The molecule has 23 heavy (non-hydrogen) atoms. The van der Waals surface area contributed by atoms with Gasteiger partial charge >= 0.3 is 0 Å². The third-order valence-corrected chi connectivity index (χ3v) is 4.73. The second-order valence-corrected chi connectivity index (χ2v) is 6.12. The Balaban J connectivity index is 1.91. The van der Waals surface area contributed by atoms with Crippen molar-refractivity contribution in [1.82, 2.24) is 20.2 Å². The summed E-state index contributed by atoms with van der Waals surface area (Å²) in [7, 11) is 0. The number of non-ortho nitro benzene ring substituents is 1. The smallest absolute Gasteiger partial charge is 0.269 e. The van der Waals surface area contributed by atoms with Crippen molar-refractivity contribution in [1.29, 1.82) is 0 Å². The van der Waals surface area contributed by atoms with E-state index in [0.717, 1.165) is 5.70 Å². The molecule has 0 spiro atoms. The molecule has 1 aromatic heterocycles. The van der Waals surface area contributed by atoms with Gasteiger partial charge in [-0.3, -0.25) is 14.9 Å². The van der Waals surface area contributed by atoms with E-state index >= 15 is 0 Å². The van der Waals surface area contributed by atoms with Gasteiger partial charge in [-0.15, -0.1) is 11.8 Å². The summed E-state index contributed by atoms with van der Waals surface area (Å²) in [5, 5.41) is 25.6. The number of anilines is 1. The van der Waals surface area contributed by atoms with E-state index in [9.17, 15) is 14.9 Å². The molecule has 0 amide bonds. The molecule has 1 N–H and O–H groups in total. The van der Waals surface area contributed by atoms with Gasteiger partial charge in [-0.2, -0.15) is 4.68 Å². The molecule has 0 radical (unpaired) electrons. The second-order valence-electron chi connectivity index (χ2n) is 5.13. The maximum absolute atomic E-state index is 12.4. The van der Waals surface area contributed by atoms with Gasteiger partial charge in [0.25, 0.3) is 5.69 Å². The lowest BCUT2D eigenvalue weighted by atomic mass is 9.92. The minimum atomic E-state index is -0.551. The van der Waals surface area contributed by atoms with Gasteiger partial charge in [0.05, 0.1) is 10.7 Å². The highest BCUT2D eigenvalue weighted by molar-refractivity contribution is 8.00. The number of allylic oxidation sites excluding steroid dienone is 1. The SMILES string of the molecule is O=C1CSCC2=C1C(c1cccc([N+](=O)[O-])c1)n1nnnc1N2. The number of tetrazole rings is 1. The highest BCUT2D eigenvalue weighted by Gasteiger charge is 2.37. The summed E-state index contributed by atoms with van der Waals surface area (Å²) in [5.74, 6) is 1.44. The number of nitro benzene ring substituents is 1. The lowest BCUT2D eigenvalue weighted by Gasteiger charge is -2.31. The van der Waals surface area contributed by atoms with E-state index in [2.05, 4.69) is 20.8 Å². The molecule has 2 aliphatic heterocycles. The van der Waals surface area contributed by atoms with E-state index in [1.807, 2.05) is 0 Å². The van der Waals surface area contributed by atoms with Crippen molar-refractivity contribution >= 4 is 29.2 Å². The van der Waals surface area contributed by atoms with E-state index in [1.54, 1.807) is 12.1 Å². The lowest BCUT2D eigenvalue weighted by Crippen LogP contribution is -2.33. The largest absolute Gasteiger partial charge is 0.325 e. The van der Waals surface area contributed by atoms with E-state index in [4.69, 9.17) is 0 Å². The van der Waals surface area contributed by atoms with Crippen molar-refractivity contribution in [2.24, 2.45) is 0 Å². The van der Waals surface area contributed by atoms with Crippen LogP contribution in [-0.2, 0) is 4.79 Å². The minimum absolute atomic E-state index is 0.0126. The first kappa shape index (κ1) is 13.9. The standard InChI is InChI=1S/C13H10N6O3S/c20-10-6-23-5-9-11(10)12(18-13(14-9)15-16-17-18)7-2-1-3-8(4-7)19(21)22/h1-4,12H,5-6H2,(H,14,15,17). The zero-order valence-electron chi connectivity index (χ0n) is 11.7. The van der Waals surface area contributed by atoms with Gasteiger partial charge in [0.1, 0.15) is 6.04 Å². The third kappa shape index (κ3) is 2.18. The Bertz CT molecular complexity index is 861. The first-order valence-electron chi connectivity index (χ1n) is 6.78. The first-order valence-corrected chi connectivity index (χ1v) is 7.94. The summed E-state index contributed by atoms with van der Waals surface area (Å²) in [4.78, 5) is 23.0. The van der Waals surface area contributed by atoms with Crippen LogP contribution in [0.3, 0.4) is 0 Å². The molecule has 0 aliphatic carbocycles. The van der Waals surface area contributed by atoms with Crippen LogP contribution in [0.5, 0.6) is 0 Å². The van der Waals surface area contributed by atoms with Crippen molar-refractivity contribution in [2.45, 2.75) is 6.04 Å². The molecule has 116 valence electrons. The number of rotatable bonds is 2. The Morgan fingerprint density at radius 2 is 2.26 bits per heavy atom. The number of ketones is 1. The van der Waals surface area contributed by atoms with Gasteiger partial charge in [-0.05, 0) is 16.0 Å². The van der Waals surface area contributed by atoms with E-state index in [1.165, 1.54) is 28.6 Å². The predicted molar refractivity (Wildman–Crippen MR) is 82.0 cm³/mol. The molecule has 0 fully saturated rings.